The normalized spacial score (nSPS) is 20.1. The third-order valence-corrected chi connectivity index (χ3v) is 4.35. The summed E-state index contributed by atoms with van der Waals surface area (Å²) in [6.07, 6.45) is 0. The molecule has 1 N–H and O–H groups in total. The molecule has 0 radical (unpaired) electrons. The van der Waals surface area contributed by atoms with Crippen LogP contribution in [0.15, 0.2) is 0 Å². The Labute approximate surface area is 132 Å². The molecule has 0 spiro atoms. The zero-order chi connectivity index (χ0) is 17.7. The molecule has 0 aromatic carbocycles. The molecule has 1 fully saturated rings. The molecule has 4 nitrogen and oxygen atoms in total. The summed E-state index contributed by atoms with van der Waals surface area (Å²) < 4.78 is 16.1. The van der Waals surface area contributed by atoms with Gasteiger partial charge in [-0.1, -0.05) is 13.8 Å². The van der Waals surface area contributed by atoms with Gasteiger partial charge < -0.3 is 19.2 Å². The summed E-state index contributed by atoms with van der Waals surface area (Å²) >= 11 is 0. The average Bonchev–Trinajstić information content (AvgIpc) is 2.47. The minimum Gasteiger partial charge on any atom is -0.403 e. The Morgan fingerprint density at radius 1 is 0.905 bits per heavy atom. The highest BCUT2D eigenvalue weighted by atomic mass is 16.7. The molecule has 0 aliphatic carbocycles. The van der Waals surface area contributed by atoms with Gasteiger partial charge in [0.15, 0.2) is 0 Å². The van der Waals surface area contributed by atoms with Crippen molar-refractivity contribution in [3.8, 4) is 0 Å². The summed E-state index contributed by atoms with van der Waals surface area (Å²) in [7, 11) is 1.53. The second kappa shape index (κ2) is 7.95. The molecule has 0 aromatic rings. The fourth-order valence-corrected chi connectivity index (χ4v) is 1.39. The molecule has 0 aromatic heterocycles. The molecular formula is C16H37BO4. The van der Waals surface area contributed by atoms with E-state index in [4.69, 9.17) is 14.0 Å². The summed E-state index contributed by atoms with van der Waals surface area (Å²) in [5, 5.41) is 9.42. The first-order valence-electron chi connectivity index (χ1n) is 7.79. The van der Waals surface area contributed by atoms with Crippen LogP contribution in [0.2, 0.25) is 6.82 Å². The average molecular weight is 304 g/mol. The molecule has 128 valence electrons. The Hall–Kier alpha value is -0.0951. The van der Waals surface area contributed by atoms with E-state index in [0.717, 1.165) is 0 Å². The first kappa shape index (κ1) is 23.2. The minimum absolute atomic E-state index is 0.0648. The highest BCUT2D eigenvalue weighted by Crippen LogP contribution is 2.36. The Bertz CT molecular complexity index is 277. The molecule has 0 saturated carbocycles. The van der Waals surface area contributed by atoms with Crippen LogP contribution in [-0.4, -0.2) is 41.7 Å². The van der Waals surface area contributed by atoms with Crippen molar-refractivity contribution in [2.24, 2.45) is 0 Å². The second-order valence-electron chi connectivity index (χ2n) is 7.10. The van der Waals surface area contributed by atoms with Crippen LogP contribution in [0, 0.1) is 0 Å². The van der Waals surface area contributed by atoms with E-state index in [1.165, 1.54) is 0 Å². The van der Waals surface area contributed by atoms with Crippen molar-refractivity contribution < 1.29 is 19.2 Å². The zero-order valence-electron chi connectivity index (χ0n) is 16.2. The van der Waals surface area contributed by atoms with Crippen LogP contribution in [0.4, 0.5) is 0 Å². The van der Waals surface area contributed by atoms with Crippen LogP contribution in [0.5, 0.6) is 0 Å². The Balaban J connectivity index is 0. The van der Waals surface area contributed by atoms with Gasteiger partial charge in [0.05, 0.1) is 22.4 Å². The monoisotopic (exact) mass is 304 g/mol. The maximum Gasteiger partial charge on any atom is 0.454 e. The molecule has 1 rings (SSSR count). The Morgan fingerprint density at radius 3 is 1.24 bits per heavy atom. The molecular weight excluding hydrogens is 267 g/mol. The van der Waals surface area contributed by atoms with E-state index in [9.17, 15) is 5.11 Å². The number of methoxy groups -OCH3 is 1. The lowest BCUT2D eigenvalue weighted by Crippen LogP contribution is -2.46. The number of hydrogen-bond acceptors (Lipinski definition) is 4. The van der Waals surface area contributed by atoms with Crippen LogP contribution in [0.1, 0.15) is 69.2 Å². The molecule has 1 aliphatic heterocycles. The number of aliphatic hydroxyl groups is 1. The lowest BCUT2D eigenvalue weighted by Gasteiger charge is -2.35. The van der Waals surface area contributed by atoms with Crippen molar-refractivity contribution in [2.45, 2.75) is 98.5 Å². The number of rotatable bonds is 2. The molecule has 5 heteroatoms. The fourth-order valence-electron chi connectivity index (χ4n) is 1.39. The molecule has 1 saturated heterocycles. The van der Waals surface area contributed by atoms with Crippen molar-refractivity contribution in [3.63, 3.8) is 0 Å². The quantitative estimate of drug-likeness (QED) is 0.786. The van der Waals surface area contributed by atoms with Crippen LogP contribution in [-0.2, 0) is 14.0 Å². The molecule has 1 aliphatic rings. The number of ether oxygens (including phenoxy) is 1. The van der Waals surface area contributed by atoms with Crippen LogP contribution < -0.4 is 0 Å². The van der Waals surface area contributed by atoms with Crippen LogP contribution in [0.25, 0.3) is 0 Å². The van der Waals surface area contributed by atoms with E-state index >= 15 is 0 Å². The predicted molar refractivity (Wildman–Crippen MR) is 90.7 cm³/mol. The van der Waals surface area contributed by atoms with E-state index in [1.54, 1.807) is 21.0 Å². The predicted octanol–water partition coefficient (Wildman–Crippen LogP) is 3.92. The zero-order valence-corrected chi connectivity index (χ0v) is 16.2. The largest absolute Gasteiger partial charge is 0.454 e. The first-order valence-corrected chi connectivity index (χ1v) is 7.79. The van der Waals surface area contributed by atoms with Gasteiger partial charge in [0, 0.05) is 7.11 Å². The van der Waals surface area contributed by atoms with Crippen molar-refractivity contribution in [1.82, 2.24) is 0 Å². The lowest BCUT2D eigenvalue weighted by atomic mass is 9.90. The van der Waals surface area contributed by atoms with Gasteiger partial charge >= 0.3 is 7.12 Å². The fraction of sp³-hybridized carbons (Fsp3) is 1.00. The highest BCUT2D eigenvalue weighted by molar-refractivity contribution is 6.43. The highest BCUT2D eigenvalue weighted by Gasteiger charge is 2.48. The van der Waals surface area contributed by atoms with Crippen molar-refractivity contribution >= 4 is 7.12 Å². The third-order valence-electron chi connectivity index (χ3n) is 4.35. The summed E-state index contributed by atoms with van der Waals surface area (Å²) in [6.45, 7) is 21.3. The molecule has 0 bridgehead atoms. The van der Waals surface area contributed by atoms with Gasteiger partial charge in [0.25, 0.3) is 0 Å². The van der Waals surface area contributed by atoms with Gasteiger partial charge in [0.1, 0.15) is 0 Å². The molecule has 21 heavy (non-hydrogen) atoms. The van der Waals surface area contributed by atoms with Crippen molar-refractivity contribution in [1.29, 1.82) is 0 Å². The summed E-state index contributed by atoms with van der Waals surface area (Å²) in [5.74, 6) is 0. The topological polar surface area (TPSA) is 47.9 Å². The van der Waals surface area contributed by atoms with Gasteiger partial charge in [-0.25, -0.2) is 0 Å². The number of hydrogen-bond donors (Lipinski definition) is 1. The van der Waals surface area contributed by atoms with Crippen molar-refractivity contribution in [3.05, 3.63) is 0 Å². The standard InChI is InChI=1S/C7H15BO2.C7H16O2.C2H6/c1-6(2)7(3,4)10-8(5)9-6;1-6(2,8)7(3,4)9-5;1-2/h1-5H3;8H,1-5H3;1-2H3. The maximum absolute atomic E-state index is 9.42. The smallest absolute Gasteiger partial charge is 0.403 e. The van der Waals surface area contributed by atoms with E-state index in [-0.39, 0.29) is 18.3 Å². The summed E-state index contributed by atoms with van der Waals surface area (Å²) in [6, 6.07) is 0. The van der Waals surface area contributed by atoms with E-state index < -0.39 is 11.2 Å². The van der Waals surface area contributed by atoms with Crippen molar-refractivity contribution in [2.75, 3.05) is 7.11 Å². The van der Waals surface area contributed by atoms with Crippen LogP contribution in [0.3, 0.4) is 0 Å². The SMILES string of the molecule is CB1OC(C)(C)C(C)(C)O1.CC.COC(C)(C)C(C)(C)O. The van der Waals surface area contributed by atoms with Gasteiger partial charge in [-0.05, 0) is 62.2 Å². The minimum atomic E-state index is -0.776. The molecule has 0 unspecified atom stereocenters. The van der Waals surface area contributed by atoms with E-state index in [2.05, 4.69) is 27.7 Å². The van der Waals surface area contributed by atoms with Crippen LogP contribution >= 0.6 is 0 Å². The maximum atomic E-state index is 9.42. The Morgan fingerprint density at radius 2 is 1.19 bits per heavy atom. The molecule has 1 heterocycles. The van der Waals surface area contributed by atoms with Gasteiger partial charge in [-0.2, -0.15) is 0 Å². The van der Waals surface area contributed by atoms with Gasteiger partial charge in [-0.3, -0.25) is 0 Å². The molecule has 0 amide bonds. The third kappa shape index (κ3) is 6.68. The summed E-state index contributed by atoms with van der Waals surface area (Å²) in [4.78, 5) is 0. The molecule has 0 atom stereocenters. The lowest BCUT2D eigenvalue weighted by molar-refractivity contribution is -0.129. The summed E-state index contributed by atoms with van der Waals surface area (Å²) in [5.41, 5.74) is -1.56. The Kier molecular flexibility index (Phi) is 8.78. The first-order chi connectivity index (χ1) is 9.16. The van der Waals surface area contributed by atoms with Gasteiger partial charge in [-0.15, -0.1) is 0 Å². The van der Waals surface area contributed by atoms with E-state index in [0.29, 0.717) is 0 Å². The second-order valence-corrected chi connectivity index (χ2v) is 7.10. The van der Waals surface area contributed by atoms with Gasteiger partial charge in [0.2, 0.25) is 0 Å². The van der Waals surface area contributed by atoms with E-state index in [1.807, 2.05) is 34.5 Å².